The third-order valence-corrected chi connectivity index (χ3v) is 2.13. The molecule has 0 aliphatic rings. The Balaban J connectivity index is 2.74. The lowest BCUT2D eigenvalue weighted by atomic mass is 10.2. The fourth-order valence-corrected chi connectivity index (χ4v) is 1.20. The largest absolute Gasteiger partial charge is 0.467 e. The normalized spacial score (nSPS) is 10.8. The summed E-state index contributed by atoms with van der Waals surface area (Å²) in [4.78, 5) is 12.6. The van der Waals surface area contributed by atoms with Crippen LogP contribution in [0.25, 0.3) is 0 Å². The zero-order valence-electron chi connectivity index (χ0n) is 11.8. The first kappa shape index (κ1) is 14.5. The predicted octanol–water partition coefficient (Wildman–Crippen LogP) is 2.02. The molecule has 6 nitrogen and oxygen atoms in total. The highest BCUT2D eigenvalue weighted by Gasteiger charge is 2.07. The van der Waals surface area contributed by atoms with Crippen molar-refractivity contribution in [1.82, 2.24) is 15.0 Å². The lowest BCUT2D eigenvalue weighted by Gasteiger charge is -2.11. The summed E-state index contributed by atoms with van der Waals surface area (Å²) in [5, 5.41) is 6.33. The highest BCUT2D eigenvalue weighted by molar-refractivity contribution is 5.35. The van der Waals surface area contributed by atoms with E-state index in [1.165, 1.54) is 0 Å². The van der Waals surface area contributed by atoms with Crippen LogP contribution in [-0.4, -0.2) is 35.2 Å². The molecule has 0 saturated carbocycles. The second-order valence-electron chi connectivity index (χ2n) is 5.02. The van der Waals surface area contributed by atoms with Crippen LogP contribution in [0.3, 0.4) is 0 Å². The lowest BCUT2D eigenvalue weighted by Crippen LogP contribution is -2.15. The molecule has 0 amide bonds. The monoisotopic (exact) mass is 253 g/mol. The summed E-state index contributed by atoms with van der Waals surface area (Å²) in [6.45, 7) is 10.1. The van der Waals surface area contributed by atoms with Crippen LogP contribution in [0.5, 0.6) is 6.01 Å². The SMILES string of the molecule is COc1nc(NCC(C)C)nc(NCC(C)C)n1. The van der Waals surface area contributed by atoms with Gasteiger partial charge in [0.05, 0.1) is 7.11 Å². The van der Waals surface area contributed by atoms with Gasteiger partial charge in [-0.25, -0.2) is 0 Å². The molecule has 0 fully saturated rings. The molecule has 1 aromatic rings. The molecule has 0 unspecified atom stereocenters. The number of ether oxygens (including phenoxy) is 1. The van der Waals surface area contributed by atoms with Crippen molar-refractivity contribution < 1.29 is 4.74 Å². The van der Waals surface area contributed by atoms with Crippen LogP contribution in [0, 0.1) is 11.8 Å². The molecule has 1 heterocycles. The fourth-order valence-electron chi connectivity index (χ4n) is 1.20. The van der Waals surface area contributed by atoms with E-state index in [4.69, 9.17) is 4.74 Å². The van der Waals surface area contributed by atoms with E-state index >= 15 is 0 Å². The summed E-state index contributed by atoms with van der Waals surface area (Å²) in [5.41, 5.74) is 0. The van der Waals surface area contributed by atoms with Gasteiger partial charge in [-0.05, 0) is 11.8 Å². The average molecular weight is 253 g/mol. The van der Waals surface area contributed by atoms with Gasteiger partial charge in [0, 0.05) is 13.1 Å². The van der Waals surface area contributed by atoms with E-state index in [0.29, 0.717) is 29.7 Å². The molecule has 1 rings (SSSR count). The number of nitrogens with zero attached hydrogens (tertiary/aromatic N) is 3. The fraction of sp³-hybridized carbons (Fsp3) is 0.750. The van der Waals surface area contributed by atoms with Gasteiger partial charge >= 0.3 is 6.01 Å². The molecule has 6 heteroatoms. The van der Waals surface area contributed by atoms with Crippen molar-refractivity contribution in [3.63, 3.8) is 0 Å². The average Bonchev–Trinajstić information content (AvgIpc) is 2.33. The molecule has 102 valence electrons. The lowest BCUT2D eigenvalue weighted by molar-refractivity contribution is 0.379. The van der Waals surface area contributed by atoms with Gasteiger partial charge in [0.2, 0.25) is 11.9 Å². The van der Waals surface area contributed by atoms with Crippen molar-refractivity contribution >= 4 is 11.9 Å². The third kappa shape index (κ3) is 5.16. The van der Waals surface area contributed by atoms with Crippen molar-refractivity contribution in [2.24, 2.45) is 11.8 Å². The molecule has 0 bridgehead atoms. The number of aromatic nitrogens is 3. The van der Waals surface area contributed by atoms with E-state index in [1.54, 1.807) is 7.11 Å². The van der Waals surface area contributed by atoms with Gasteiger partial charge in [-0.3, -0.25) is 0 Å². The van der Waals surface area contributed by atoms with Crippen molar-refractivity contribution in [2.45, 2.75) is 27.7 Å². The first-order chi connectivity index (χ1) is 8.51. The second kappa shape index (κ2) is 6.98. The maximum atomic E-state index is 5.07. The minimum atomic E-state index is 0.322. The maximum absolute atomic E-state index is 5.07. The van der Waals surface area contributed by atoms with Gasteiger partial charge in [-0.1, -0.05) is 27.7 Å². The molecule has 0 aliphatic heterocycles. The number of hydrogen-bond donors (Lipinski definition) is 2. The number of anilines is 2. The first-order valence-electron chi connectivity index (χ1n) is 6.29. The van der Waals surface area contributed by atoms with Crippen LogP contribution in [0.4, 0.5) is 11.9 Å². The summed E-state index contributed by atoms with van der Waals surface area (Å²) in [7, 11) is 1.55. The Hall–Kier alpha value is -1.59. The van der Waals surface area contributed by atoms with Crippen molar-refractivity contribution in [3.05, 3.63) is 0 Å². The van der Waals surface area contributed by atoms with Crippen LogP contribution < -0.4 is 15.4 Å². The van der Waals surface area contributed by atoms with E-state index in [0.717, 1.165) is 13.1 Å². The van der Waals surface area contributed by atoms with Crippen LogP contribution in [-0.2, 0) is 0 Å². The Kier molecular flexibility index (Phi) is 5.61. The number of rotatable bonds is 7. The molecule has 0 saturated heterocycles. The van der Waals surface area contributed by atoms with E-state index in [-0.39, 0.29) is 0 Å². The molecular formula is C12H23N5O. The Morgan fingerprint density at radius 1 is 0.889 bits per heavy atom. The molecule has 0 aliphatic carbocycles. The Bertz CT molecular complexity index is 337. The zero-order valence-corrected chi connectivity index (χ0v) is 11.8. The second-order valence-corrected chi connectivity index (χ2v) is 5.02. The van der Waals surface area contributed by atoms with E-state index < -0.39 is 0 Å². The van der Waals surface area contributed by atoms with Crippen molar-refractivity contribution in [2.75, 3.05) is 30.8 Å². The summed E-state index contributed by atoms with van der Waals surface area (Å²) in [6, 6.07) is 0.322. The van der Waals surface area contributed by atoms with Gasteiger partial charge < -0.3 is 15.4 Å². The van der Waals surface area contributed by atoms with E-state index in [2.05, 4.69) is 53.3 Å². The van der Waals surface area contributed by atoms with Crippen LogP contribution in [0.1, 0.15) is 27.7 Å². The minimum Gasteiger partial charge on any atom is -0.467 e. The maximum Gasteiger partial charge on any atom is 0.322 e. The number of methoxy groups -OCH3 is 1. The molecule has 18 heavy (non-hydrogen) atoms. The van der Waals surface area contributed by atoms with Crippen molar-refractivity contribution in [1.29, 1.82) is 0 Å². The van der Waals surface area contributed by atoms with Crippen LogP contribution >= 0.6 is 0 Å². The highest BCUT2D eigenvalue weighted by atomic mass is 16.5. The first-order valence-corrected chi connectivity index (χ1v) is 6.29. The smallest absolute Gasteiger partial charge is 0.322 e. The highest BCUT2D eigenvalue weighted by Crippen LogP contribution is 2.11. The molecule has 0 spiro atoms. The van der Waals surface area contributed by atoms with Crippen LogP contribution in [0.2, 0.25) is 0 Å². The zero-order chi connectivity index (χ0) is 13.5. The van der Waals surface area contributed by atoms with Gasteiger partial charge in [-0.2, -0.15) is 15.0 Å². The van der Waals surface area contributed by atoms with Gasteiger partial charge in [-0.15, -0.1) is 0 Å². The Labute approximate surface area is 109 Å². The quantitative estimate of drug-likeness (QED) is 0.774. The third-order valence-electron chi connectivity index (χ3n) is 2.13. The topological polar surface area (TPSA) is 72.0 Å². The molecule has 0 atom stereocenters. The van der Waals surface area contributed by atoms with Crippen LogP contribution in [0.15, 0.2) is 0 Å². The standard InChI is InChI=1S/C12H23N5O/c1-8(2)6-13-10-15-11(14-7-9(3)4)17-12(16-10)18-5/h8-9H,6-7H2,1-5H3,(H2,13,14,15,16,17). The summed E-state index contributed by atoms with van der Waals surface area (Å²) in [6.07, 6.45) is 0. The van der Waals surface area contributed by atoms with E-state index in [9.17, 15) is 0 Å². The van der Waals surface area contributed by atoms with Gasteiger partial charge in [0.1, 0.15) is 0 Å². The minimum absolute atomic E-state index is 0.322. The molecule has 2 N–H and O–H groups in total. The predicted molar refractivity (Wildman–Crippen MR) is 73.0 cm³/mol. The molecule has 0 radical (unpaired) electrons. The molecular weight excluding hydrogens is 230 g/mol. The summed E-state index contributed by atoms with van der Waals surface area (Å²) >= 11 is 0. The summed E-state index contributed by atoms with van der Waals surface area (Å²) in [5.74, 6) is 2.14. The van der Waals surface area contributed by atoms with E-state index in [1.807, 2.05) is 0 Å². The van der Waals surface area contributed by atoms with Gasteiger partial charge in [0.15, 0.2) is 0 Å². The van der Waals surface area contributed by atoms with Gasteiger partial charge in [0.25, 0.3) is 0 Å². The summed E-state index contributed by atoms with van der Waals surface area (Å²) < 4.78 is 5.07. The number of nitrogens with one attached hydrogen (secondary N) is 2. The Morgan fingerprint density at radius 3 is 1.67 bits per heavy atom. The number of hydrogen-bond acceptors (Lipinski definition) is 6. The molecule has 1 aromatic heterocycles. The molecule has 0 aromatic carbocycles. The Morgan fingerprint density at radius 2 is 1.33 bits per heavy atom. The van der Waals surface area contributed by atoms with Crippen molar-refractivity contribution in [3.8, 4) is 6.01 Å².